The maximum absolute atomic E-state index is 12.4. The molecule has 3 rings (SSSR count). The maximum Gasteiger partial charge on any atom is 0.223 e. The van der Waals surface area contributed by atoms with Crippen LogP contribution >= 0.6 is 11.8 Å². The first kappa shape index (κ1) is 16.8. The van der Waals surface area contributed by atoms with Crippen molar-refractivity contribution in [1.29, 1.82) is 0 Å². The normalized spacial score (nSPS) is 17.0. The molecule has 126 valence electrons. The molecule has 1 fully saturated rings. The highest BCUT2D eigenvalue weighted by Gasteiger charge is 2.26. The second kappa shape index (κ2) is 8.20. The van der Waals surface area contributed by atoms with Gasteiger partial charge < -0.3 is 9.64 Å². The quantitative estimate of drug-likeness (QED) is 0.753. The first-order chi connectivity index (χ1) is 11.8. The van der Waals surface area contributed by atoms with E-state index in [4.69, 9.17) is 4.74 Å². The molecule has 1 saturated heterocycles. The molecule has 5 heteroatoms. The number of carbonyl (C=O) groups is 1. The largest absolute Gasteiger partial charge is 0.497 e. The Morgan fingerprint density at radius 2 is 2.12 bits per heavy atom. The van der Waals surface area contributed by atoms with Gasteiger partial charge in [-0.3, -0.25) is 4.79 Å². The fourth-order valence-electron chi connectivity index (χ4n) is 2.97. The first-order valence-electron chi connectivity index (χ1n) is 8.22. The lowest BCUT2D eigenvalue weighted by atomic mass is 9.98. The van der Waals surface area contributed by atoms with Crippen molar-refractivity contribution in [3.63, 3.8) is 0 Å². The minimum Gasteiger partial charge on any atom is -0.497 e. The zero-order valence-corrected chi connectivity index (χ0v) is 14.7. The molecular weight excluding hydrogens is 320 g/mol. The SMILES string of the molecule is COc1ccc(C2CCN(C(=O)CCSc3ccccn3)C2)cc1. The van der Waals surface area contributed by atoms with E-state index in [1.807, 2.05) is 35.2 Å². The number of thioether (sulfide) groups is 1. The van der Waals surface area contributed by atoms with Crippen molar-refractivity contribution in [2.45, 2.75) is 23.8 Å². The molecule has 0 saturated carbocycles. The minimum absolute atomic E-state index is 0.245. The number of benzene rings is 1. The third-order valence-corrected chi connectivity index (χ3v) is 5.28. The van der Waals surface area contributed by atoms with Crippen molar-refractivity contribution >= 4 is 17.7 Å². The summed E-state index contributed by atoms with van der Waals surface area (Å²) in [7, 11) is 1.67. The molecule has 1 aliphatic heterocycles. The van der Waals surface area contributed by atoms with Crippen LogP contribution in [0.3, 0.4) is 0 Å². The molecular formula is C19H22N2O2S. The fourth-order valence-corrected chi connectivity index (χ4v) is 3.76. The highest BCUT2D eigenvalue weighted by Crippen LogP contribution is 2.29. The number of aromatic nitrogens is 1. The molecule has 2 heterocycles. The lowest BCUT2D eigenvalue weighted by molar-refractivity contribution is -0.129. The lowest BCUT2D eigenvalue weighted by Crippen LogP contribution is -2.28. The Bertz CT molecular complexity index is 661. The van der Waals surface area contributed by atoms with Crippen LogP contribution in [0.2, 0.25) is 0 Å². The standard InChI is InChI=1S/C19H22N2O2S/c1-23-17-7-5-15(6-8-17)16-9-12-21(14-16)19(22)10-13-24-18-4-2-3-11-20-18/h2-8,11,16H,9-10,12-14H2,1H3. The third kappa shape index (κ3) is 4.29. The molecule has 24 heavy (non-hydrogen) atoms. The summed E-state index contributed by atoms with van der Waals surface area (Å²) < 4.78 is 5.20. The van der Waals surface area contributed by atoms with E-state index < -0.39 is 0 Å². The highest BCUT2D eigenvalue weighted by atomic mass is 32.2. The van der Waals surface area contributed by atoms with E-state index in [2.05, 4.69) is 17.1 Å². The van der Waals surface area contributed by atoms with E-state index in [0.717, 1.165) is 36.0 Å². The van der Waals surface area contributed by atoms with Crippen LogP contribution in [0.25, 0.3) is 0 Å². The first-order valence-corrected chi connectivity index (χ1v) is 9.20. The van der Waals surface area contributed by atoms with Crippen LogP contribution in [0.1, 0.15) is 24.3 Å². The Hall–Kier alpha value is -2.01. The summed E-state index contributed by atoms with van der Waals surface area (Å²) in [6.07, 6.45) is 3.38. The van der Waals surface area contributed by atoms with Crippen LogP contribution in [0.4, 0.5) is 0 Å². The van der Waals surface area contributed by atoms with Gasteiger partial charge in [0.1, 0.15) is 5.75 Å². The van der Waals surface area contributed by atoms with Crippen LogP contribution in [0.5, 0.6) is 5.75 Å². The Kier molecular flexibility index (Phi) is 5.75. The summed E-state index contributed by atoms with van der Waals surface area (Å²) in [5.41, 5.74) is 1.29. The molecule has 1 unspecified atom stereocenters. The zero-order valence-electron chi connectivity index (χ0n) is 13.9. The van der Waals surface area contributed by atoms with Gasteiger partial charge >= 0.3 is 0 Å². The molecule has 0 spiro atoms. The van der Waals surface area contributed by atoms with Crippen molar-refractivity contribution in [3.8, 4) is 5.75 Å². The molecule has 0 N–H and O–H groups in total. The van der Waals surface area contributed by atoms with Crippen molar-refractivity contribution in [3.05, 3.63) is 54.2 Å². The van der Waals surface area contributed by atoms with Crippen molar-refractivity contribution < 1.29 is 9.53 Å². The van der Waals surface area contributed by atoms with Gasteiger partial charge in [-0.15, -0.1) is 11.8 Å². The van der Waals surface area contributed by atoms with Gasteiger partial charge in [0, 0.05) is 37.4 Å². The maximum atomic E-state index is 12.4. The summed E-state index contributed by atoms with van der Waals surface area (Å²) >= 11 is 1.64. The second-order valence-electron chi connectivity index (χ2n) is 5.86. The van der Waals surface area contributed by atoms with E-state index in [9.17, 15) is 4.79 Å². The summed E-state index contributed by atoms with van der Waals surface area (Å²) in [6.45, 7) is 1.67. The number of nitrogens with zero attached hydrogens (tertiary/aromatic N) is 2. The molecule has 0 radical (unpaired) electrons. The predicted molar refractivity (Wildman–Crippen MR) is 96.5 cm³/mol. The zero-order chi connectivity index (χ0) is 16.8. The van der Waals surface area contributed by atoms with Gasteiger partial charge in [-0.2, -0.15) is 0 Å². The Morgan fingerprint density at radius 3 is 2.83 bits per heavy atom. The number of rotatable bonds is 6. The number of carbonyl (C=O) groups excluding carboxylic acids is 1. The van der Waals surface area contributed by atoms with Gasteiger partial charge in [0.25, 0.3) is 0 Å². The summed E-state index contributed by atoms with van der Waals surface area (Å²) in [5, 5.41) is 0.975. The molecule has 1 amide bonds. The van der Waals surface area contributed by atoms with Crippen LogP contribution in [0, 0.1) is 0 Å². The van der Waals surface area contributed by atoms with Crippen molar-refractivity contribution in [1.82, 2.24) is 9.88 Å². The monoisotopic (exact) mass is 342 g/mol. The molecule has 4 nitrogen and oxygen atoms in total. The van der Waals surface area contributed by atoms with Crippen molar-refractivity contribution in [2.24, 2.45) is 0 Å². The summed E-state index contributed by atoms with van der Waals surface area (Å²) in [5.74, 6) is 2.33. The number of methoxy groups -OCH3 is 1. The highest BCUT2D eigenvalue weighted by molar-refractivity contribution is 7.99. The molecule has 0 bridgehead atoms. The Balaban J connectivity index is 1.46. The lowest BCUT2D eigenvalue weighted by Gasteiger charge is -2.16. The van der Waals surface area contributed by atoms with Gasteiger partial charge in [-0.05, 0) is 36.2 Å². The van der Waals surface area contributed by atoms with E-state index >= 15 is 0 Å². The minimum atomic E-state index is 0.245. The van der Waals surface area contributed by atoms with E-state index in [1.165, 1.54) is 5.56 Å². The van der Waals surface area contributed by atoms with E-state index in [0.29, 0.717) is 12.3 Å². The van der Waals surface area contributed by atoms with E-state index in [-0.39, 0.29) is 5.91 Å². The van der Waals surface area contributed by atoms with E-state index in [1.54, 1.807) is 25.1 Å². The van der Waals surface area contributed by atoms with Crippen LogP contribution in [-0.2, 0) is 4.79 Å². The van der Waals surface area contributed by atoms with Crippen LogP contribution in [-0.4, -0.2) is 41.7 Å². The number of ether oxygens (including phenoxy) is 1. The van der Waals surface area contributed by atoms with Gasteiger partial charge in [0.05, 0.1) is 12.1 Å². The number of likely N-dealkylation sites (tertiary alicyclic amines) is 1. The second-order valence-corrected chi connectivity index (χ2v) is 6.98. The average Bonchev–Trinajstić information content (AvgIpc) is 3.13. The third-order valence-electron chi connectivity index (χ3n) is 4.33. The average molecular weight is 342 g/mol. The van der Waals surface area contributed by atoms with Crippen LogP contribution in [0.15, 0.2) is 53.7 Å². The summed E-state index contributed by atoms with van der Waals surface area (Å²) in [4.78, 5) is 18.6. The fraction of sp³-hybridized carbons (Fsp3) is 0.368. The van der Waals surface area contributed by atoms with Crippen molar-refractivity contribution in [2.75, 3.05) is 26.0 Å². The Labute approximate surface area is 147 Å². The topological polar surface area (TPSA) is 42.4 Å². The molecule has 1 aliphatic rings. The van der Waals surface area contributed by atoms with Gasteiger partial charge in [-0.25, -0.2) is 4.98 Å². The number of amides is 1. The molecule has 0 aliphatic carbocycles. The predicted octanol–water partition coefficient (Wildman–Crippen LogP) is 3.59. The molecule has 1 atom stereocenters. The molecule has 1 aromatic carbocycles. The van der Waals surface area contributed by atoms with Gasteiger partial charge in [-0.1, -0.05) is 18.2 Å². The number of pyridine rings is 1. The van der Waals surface area contributed by atoms with Crippen LogP contribution < -0.4 is 4.74 Å². The van der Waals surface area contributed by atoms with Gasteiger partial charge in [0.2, 0.25) is 5.91 Å². The summed E-state index contributed by atoms with van der Waals surface area (Å²) in [6, 6.07) is 14.0. The number of hydrogen-bond donors (Lipinski definition) is 0. The smallest absolute Gasteiger partial charge is 0.223 e. The van der Waals surface area contributed by atoms with Gasteiger partial charge in [0.15, 0.2) is 0 Å². The Morgan fingerprint density at radius 1 is 1.29 bits per heavy atom. The molecule has 1 aromatic heterocycles. The molecule has 2 aromatic rings. The number of hydrogen-bond acceptors (Lipinski definition) is 4.